The third-order valence-electron chi connectivity index (χ3n) is 5.26. The Labute approximate surface area is 216 Å². The third kappa shape index (κ3) is 6.32. The summed E-state index contributed by atoms with van der Waals surface area (Å²) in [6.45, 7) is 2.25. The number of pyridine rings is 2. The first-order chi connectivity index (χ1) is 16.9. The molecule has 180 valence electrons. The number of fused-ring (bicyclic) bond motifs is 1. The van der Waals surface area contributed by atoms with E-state index in [9.17, 15) is 9.18 Å². The molecule has 2 heterocycles. The lowest BCUT2D eigenvalue weighted by Crippen LogP contribution is -2.21. The summed E-state index contributed by atoms with van der Waals surface area (Å²) in [4.78, 5) is 22.2. The van der Waals surface area contributed by atoms with Crippen LogP contribution in [0.1, 0.15) is 34.1 Å². The highest BCUT2D eigenvalue weighted by molar-refractivity contribution is 14.1. The maximum absolute atomic E-state index is 13.3. The molecule has 0 fully saturated rings. The van der Waals surface area contributed by atoms with Gasteiger partial charge in [-0.15, -0.1) is 0 Å². The number of benzene rings is 2. The maximum Gasteiger partial charge on any atom is 0.361 e. The molecule has 2 aromatic heterocycles. The summed E-state index contributed by atoms with van der Waals surface area (Å²) >= 11 is 2.09. The number of methoxy groups -OCH3 is 1. The lowest BCUT2D eigenvalue weighted by molar-refractivity contribution is 0.0110. The molecule has 8 heteroatoms. The SMILES string of the molecule is COCC(C)OC(=O)c1nc(I)c2cc(Cc3ccc(F)cc3)cnc2c1OCc1ccccc1. The molecule has 35 heavy (non-hydrogen) atoms. The summed E-state index contributed by atoms with van der Waals surface area (Å²) in [6, 6.07) is 18.0. The van der Waals surface area contributed by atoms with E-state index in [1.807, 2.05) is 36.4 Å². The van der Waals surface area contributed by atoms with Gasteiger partial charge < -0.3 is 14.2 Å². The highest BCUT2D eigenvalue weighted by Gasteiger charge is 2.24. The number of hydrogen-bond donors (Lipinski definition) is 0. The number of carbonyl (C=O) groups is 1. The zero-order chi connectivity index (χ0) is 24.8. The van der Waals surface area contributed by atoms with E-state index in [2.05, 4.69) is 32.6 Å². The molecular formula is C27H24FIN2O4. The topological polar surface area (TPSA) is 70.5 Å². The molecule has 1 atom stereocenters. The van der Waals surface area contributed by atoms with Gasteiger partial charge in [0.05, 0.1) is 6.61 Å². The zero-order valence-corrected chi connectivity index (χ0v) is 21.5. The zero-order valence-electron chi connectivity index (χ0n) is 19.3. The van der Waals surface area contributed by atoms with Crippen LogP contribution in [0.15, 0.2) is 66.9 Å². The Hall–Kier alpha value is -3.11. The summed E-state index contributed by atoms with van der Waals surface area (Å²) < 4.78 is 30.6. The van der Waals surface area contributed by atoms with Gasteiger partial charge in [0.25, 0.3) is 0 Å². The Morgan fingerprint density at radius 1 is 1.06 bits per heavy atom. The first-order valence-corrected chi connectivity index (χ1v) is 12.1. The van der Waals surface area contributed by atoms with E-state index in [0.29, 0.717) is 15.6 Å². The first-order valence-electron chi connectivity index (χ1n) is 11.0. The smallest absolute Gasteiger partial charge is 0.361 e. The molecule has 0 radical (unpaired) electrons. The molecule has 0 bridgehead atoms. The molecule has 4 rings (SSSR count). The minimum atomic E-state index is -0.602. The molecule has 6 nitrogen and oxygen atoms in total. The predicted molar refractivity (Wildman–Crippen MR) is 139 cm³/mol. The van der Waals surface area contributed by atoms with Crippen LogP contribution in [0.4, 0.5) is 4.39 Å². The van der Waals surface area contributed by atoms with Gasteiger partial charge >= 0.3 is 5.97 Å². The number of carbonyl (C=O) groups excluding carboxylic acids is 1. The fourth-order valence-corrected chi connectivity index (χ4v) is 4.27. The predicted octanol–water partition coefficient (Wildman–Crippen LogP) is 5.74. The van der Waals surface area contributed by atoms with Gasteiger partial charge in [0.15, 0.2) is 11.4 Å². The Morgan fingerprint density at radius 2 is 1.80 bits per heavy atom. The Morgan fingerprint density at radius 3 is 2.51 bits per heavy atom. The molecule has 0 aliphatic rings. The quantitative estimate of drug-likeness (QED) is 0.142. The van der Waals surface area contributed by atoms with Crippen molar-refractivity contribution in [3.63, 3.8) is 0 Å². The molecule has 0 aliphatic heterocycles. The van der Waals surface area contributed by atoms with Crippen molar-refractivity contribution in [2.75, 3.05) is 13.7 Å². The highest BCUT2D eigenvalue weighted by Crippen LogP contribution is 2.32. The highest BCUT2D eigenvalue weighted by atomic mass is 127. The number of hydrogen-bond acceptors (Lipinski definition) is 6. The number of halogens is 2. The lowest BCUT2D eigenvalue weighted by Gasteiger charge is -2.16. The van der Waals surface area contributed by atoms with Crippen molar-refractivity contribution < 1.29 is 23.4 Å². The van der Waals surface area contributed by atoms with E-state index < -0.39 is 12.1 Å². The molecule has 4 aromatic rings. The second-order valence-electron chi connectivity index (χ2n) is 8.07. The average Bonchev–Trinajstić information content (AvgIpc) is 2.85. The van der Waals surface area contributed by atoms with E-state index in [0.717, 1.165) is 22.1 Å². The standard InChI is InChI=1S/C27H24FIN2O4/c1-17(15-33-2)35-27(32)24-25(34-16-19-6-4-3-5-7-19)23-22(26(29)31-24)13-20(14-30-23)12-18-8-10-21(28)11-9-18/h3-11,13-14,17H,12,15-16H2,1-2H3. The van der Waals surface area contributed by atoms with Crippen LogP contribution >= 0.6 is 22.6 Å². The Balaban J connectivity index is 1.72. The van der Waals surface area contributed by atoms with Gasteiger partial charge in [-0.05, 0) is 70.8 Å². The van der Waals surface area contributed by atoms with Crippen molar-refractivity contribution in [3.05, 3.63) is 98.8 Å². The van der Waals surface area contributed by atoms with Crippen LogP contribution in [0.3, 0.4) is 0 Å². The van der Waals surface area contributed by atoms with Crippen molar-refractivity contribution in [2.24, 2.45) is 0 Å². The molecular weight excluding hydrogens is 562 g/mol. The molecule has 0 amide bonds. The molecule has 2 aromatic carbocycles. The monoisotopic (exact) mass is 586 g/mol. The number of esters is 1. The summed E-state index contributed by atoms with van der Waals surface area (Å²) in [5.74, 6) is -0.606. The molecule has 0 aliphatic carbocycles. The number of nitrogens with zero attached hydrogens (tertiary/aromatic N) is 2. The van der Waals surface area contributed by atoms with Crippen LogP contribution < -0.4 is 4.74 Å². The van der Waals surface area contributed by atoms with Crippen molar-refractivity contribution in [3.8, 4) is 5.75 Å². The van der Waals surface area contributed by atoms with Gasteiger partial charge in [0, 0.05) is 18.7 Å². The van der Waals surface area contributed by atoms with Gasteiger partial charge in [0.2, 0.25) is 0 Å². The molecule has 0 N–H and O–H groups in total. The summed E-state index contributed by atoms with van der Waals surface area (Å²) in [6.07, 6.45) is 1.87. The summed E-state index contributed by atoms with van der Waals surface area (Å²) in [5, 5.41) is 0.759. The van der Waals surface area contributed by atoms with E-state index >= 15 is 0 Å². The van der Waals surface area contributed by atoms with Crippen molar-refractivity contribution >= 4 is 39.5 Å². The largest absolute Gasteiger partial charge is 0.484 e. The van der Waals surface area contributed by atoms with Gasteiger partial charge in [-0.3, -0.25) is 4.98 Å². The van der Waals surface area contributed by atoms with Crippen molar-refractivity contribution in [1.82, 2.24) is 9.97 Å². The maximum atomic E-state index is 13.3. The van der Waals surface area contributed by atoms with E-state index in [1.165, 1.54) is 12.1 Å². The Bertz CT molecular complexity index is 1320. The van der Waals surface area contributed by atoms with Gasteiger partial charge in [-0.2, -0.15) is 0 Å². The fraction of sp³-hybridized carbons (Fsp3) is 0.222. The van der Waals surface area contributed by atoms with E-state index in [1.54, 1.807) is 32.4 Å². The van der Waals surface area contributed by atoms with Crippen LogP contribution in [0, 0.1) is 9.52 Å². The normalized spacial score (nSPS) is 11.9. The average molecular weight is 586 g/mol. The fourth-order valence-electron chi connectivity index (χ4n) is 3.61. The third-order valence-corrected chi connectivity index (χ3v) is 6.08. The number of rotatable bonds is 9. The van der Waals surface area contributed by atoms with Crippen LogP contribution in [0.2, 0.25) is 0 Å². The number of ether oxygens (including phenoxy) is 3. The first kappa shape index (κ1) is 25.0. The van der Waals surface area contributed by atoms with Gasteiger partial charge in [-0.1, -0.05) is 42.5 Å². The van der Waals surface area contributed by atoms with Gasteiger partial charge in [0.1, 0.15) is 27.7 Å². The van der Waals surface area contributed by atoms with Gasteiger partial charge in [-0.25, -0.2) is 14.2 Å². The van der Waals surface area contributed by atoms with Crippen molar-refractivity contribution in [1.29, 1.82) is 0 Å². The van der Waals surface area contributed by atoms with Crippen molar-refractivity contribution in [2.45, 2.75) is 26.1 Å². The minimum Gasteiger partial charge on any atom is -0.484 e. The van der Waals surface area contributed by atoms with Crippen LogP contribution in [-0.2, 0) is 22.5 Å². The molecule has 0 saturated heterocycles. The van der Waals surface area contributed by atoms with Crippen LogP contribution in [0.25, 0.3) is 10.9 Å². The number of aromatic nitrogens is 2. The second-order valence-corrected chi connectivity index (χ2v) is 9.09. The molecule has 1 unspecified atom stereocenters. The molecule has 0 saturated carbocycles. The summed E-state index contributed by atoms with van der Waals surface area (Å²) in [7, 11) is 1.55. The van der Waals surface area contributed by atoms with E-state index in [-0.39, 0.29) is 30.5 Å². The minimum absolute atomic E-state index is 0.0690. The van der Waals surface area contributed by atoms with E-state index in [4.69, 9.17) is 14.2 Å². The molecule has 0 spiro atoms. The van der Waals surface area contributed by atoms with Crippen LogP contribution in [0.5, 0.6) is 5.75 Å². The lowest BCUT2D eigenvalue weighted by atomic mass is 10.0. The Kier molecular flexibility index (Phi) is 8.25. The second kappa shape index (κ2) is 11.5. The summed E-state index contributed by atoms with van der Waals surface area (Å²) in [5.41, 5.74) is 3.43. The van der Waals surface area contributed by atoms with Crippen LogP contribution in [-0.4, -0.2) is 35.8 Å².